The van der Waals surface area contributed by atoms with E-state index in [2.05, 4.69) is 21.2 Å². The Bertz CT molecular complexity index is 423. The number of rotatable bonds is 2. The predicted molar refractivity (Wildman–Crippen MR) is 72.5 cm³/mol. The molecule has 0 aromatic heterocycles. The first kappa shape index (κ1) is 12.8. The lowest BCUT2D eigenvalue weighted by Gasteiger charge is -2.22. The van der Waals surface area contributed by atoms with Gasteiger partial charge >= 0.3 is 0 Å². The molecule has 1 heterocycles. The van der Waals surface area contributed by atoms with Gasteiger partial charge in [0.2, 0.25) is 0 Å². The molecule has 17 heavy (non-hydrogen) atoms. The van der Waals surface area contributed by atoms with Gasteiger partial charge < -0.3 is 5.32 Å². The Hall–Kier alpha value is -0.680. The summed E-state index contributed by atoms with van der Waals surface area (Å²) in [6, 6.07) is 7.46. The first-order valence-electron chi connectivity index (χ1n) is 5.56. The summed E-state index contributed by atoms with van der Waals surface area (Å²) >= 11 is 3.33. The van der Waals surface area contributed by atoms with Gasteiger partial charge in [-0.2, -0.15) is 0 Å². The number of hydrogen-bond acceptors (Lipinski definition) is 2. The second-order valence-electron chi connectivity index (χ2n) is 4.10. The summed E-state index contributed by atoms with van der Waals surface area (Å²) in [7, 11) is -0.681. The molecule has 1 aliphatic rings. The fourth-order valence-corrected chi connectivity index (χ4v) is 3.37. The zero-order valence-corrected chi connectivity index (χ0v) is 11.7. The summed E-state index contributed by atoms with van der Waals surface area (Å²) in [5.41, 5.74) is 0.667. The van der Waals surface area contributed by atoms with Gasteiger partial charge in [0.1, 0.15) is 0 Å². The van der Waals surface area contributed by atoms with E-state index >= 15 is 0 Å². The van der Waals surface area contributed by atoms with Crippen molar-refractivity contribution in [3.8, 4) is 0 Å². The minimum absolute atomic E-state index is 0.0461. The third-order valence-electron chi connectivity index (χ3n) is 2.83. The number of hydrogen-bond donors (Lipinski definition) is 1. The van der Waals surface area contributed by atoms with Crippen molar-refractivity contribution in [2.45, 2.75) is 18.9 Å². The molecule has 0 bridgehead atoms. The maximum atomic E-state index is 11.9. The van der Waals surface area contributed by atoms with Crippen LogP contribution in [0, 0.1) is 0 Å². The molecular weight excluding hydrogens is 302 g/mol. The SMILES string of the molecule is O=C(NC1CCS(=O)CC1)c1ccc(Br)cc1. The number of halogens is 1. The number of benzene rings is 1. The van der Waals surface area contributed by atoms with Crippen LogP contribution in [-0.4, -0.2) is 27.7 Å². The highest BCUT2D eigenvalue weighted by atomic mass is 79.9. The van der Waals surface area contributed by atoms with Crippen molar-refractivity contribution in [1.29, 1.82) is 0 Å². The molecule has 2 rings (SSSR count). The fraction of sp³-hybridized carbons (Fsp3) is 0.417. The summed E-state index contributed by atoms with van der Waals surface area (Å²) in [5.74, 6) is 1.35. The second kappa shape index (κ2) is 5.78. The molecular formula is C12H14BrNO2S. The van der Waals surface area contributed by atoms with Crippen molar-refractivity contribution < 1.29 is 9.00 Å². The zero-order valence-electron chi connectivity index (χ0n) is 9.32. The third-order valence-corrected chi connectivity index (χ3v) is 4.74. The molecule has 1 aromatic rings. The molecule has 3 nitrogen and oxygen atoms in total. The van der Waals surface area contributed by atoms with E-state index in [-0.39, 0.29) is 11.9 Å². The minimum atomic E-state index is -0.681. The largest absolute Gasteiger partial charge is 0.349 e. The highest BCUT2D eigenvalue weighted by molar-refractivity contribution is 9.10. The molecule has 1 aromatic carbocycles. The summed E-state index contributed by atoms with van der Waals surface area (Å²) in [6.07, 6.45) is 1.63. The van der Waals surface area contributed by atoms with E-state index in [1.165, 1.54) is 0 Å². The Morgan fingerprint density at radius 2 is 1.82 bits per heavy atom. The van der Waals surface area contributed by atoms with E-state index in [1.807, 2.05) is 12.1 Å². The van der Waals surface area contributed by atoms with Crippen LogP contribution < -0.4 is 5.32 Å². The molecule has 5 heteroatoms. The highest BCUT2D eigenvalue weighted by Crippen LogP contribution is 2.13. The standard InChI is InChI=1S/C12H14BrNO2S/c13-10-3-1-9(2-4-10)12(15)14-11-5-7-17(16)8-6-11/h1-4,11H,5-8H2,(H,14,15). The molecule has 0 saturated carbocycles. The Labute approximate surface area is 112 Å². The smallest absolute Gasteiger partial charge is 0.251 e. The van der Waals surface area contributed by atoms with Crippen LogP contribution in [0.25, 0.3) is 0 Å². The Morgan fingerprint density at radius 3 is 2.41 bits per heavy atom. The van der Waals surface area contributed by atoms with Gasteiger partial charge in [0.05, 0.1) is 0 Å². The third kappa shape index (κ3) is 3.64. The summed E-state index contributed by atoms with van der Waals surface area (Å²) in [4.78, 5) is 11.9. The van der Waals surface area contributed by atoms with Crippen molar-refractivity contribution in [1.82, 2.24) is 5.32 Å². The van der Waals surface area contributed by atoms with E-state index in [0.717, 1.165) is 17.3 Å². The molecule has 0 spiro atoms. The lowest BCUT2D eigenvalue weighted by Crippen LogP contribution is -2.39. The summed E-state index contributed by atoms with van der Waals surface area (Å²) in [5, 5.41) is 2.99. The van der Waals surface area contributed by atoms with Crippen LogP contribution in [0.15, 0.2) is 28.7 Å². The molecule has 0 aliphatic carbocycles. The van der Waals surface area contributed by atoms with Gasteiger partial charge in [-0.05, 0) is 37.1 Å². The molecule has 1 amide bonds. The van der Waals surface area contributed by atoms with Crippen molar-refractivity contribution >= 4 is 32.6 Å². The second-order valence-corrected chi connectivity index (χ2v) is 6.71. The van der Waals surface area contributed by atoms with Crippen LogP contribution in [0.4, 0.5) is 0 Å². The first-order valence-corrected chi connectivity index (χ1v) is 7.84. The average molecular weight is 316 g/mol. The van der Waals surface area contributed by atoms with Crippen LogP contribution in [0.1, 0.15) is 23.2 Å². The van der Waals surface area contributed by atoms with Crippen LogP contribution >= 0.6 is 15.9 Å². The minimum Gasteiger partial charge on any atom is -0.349 e. The van der Waals surface area contributed by atoms with Crippen molar-refractivity contribution in [2.24, 2.45) is 0 Å². The molecule has 1 aliphatic heterocycles. The molecule has 1 fully saturated rings. The van der Waals surface area contributed by atoms with Crippen molar-refractivity contribution in [3.05, 3.63) is 34.3 Å². The van der Waals surface area contributed by atoms with E-state index in [1.54, 1.807) is 12.1 Å². The van der Waals surface area contributed by atoms with Crippen LogP contribution in [0.5, 0.6) is 0 Å². The van der Waals surface area contributed by atoms with Crippen LogP contribution in [0.2, 0.25) is 0 Å². The van der Waals surface area contributed by atoms with E-state index in [9.17, 15) is 9.00 Å². The lowest BCUT2D eigenvalue weighted by atomic mass is 10.1. The number of carbonyl (C=O) groups excluding carboxylic acids is 1. The van der Waals surface area contributed by atoms with Gasteiger partial charge in [0.15, 0.2) is 0 Å². The number of nitrogens with one attached hydrogen (secondary N) is 1. The average Bonchev–Trinajstić information content (AvgIpc) is 2.33. The molecule has 1 N–H and O–H groups in total. The zero-order chi connectivity index (χ0) is 12.3. The van der Waals surface area contributed by atoms with Gasteiger partial charge in [-0.1, -0.05) is 15.9 Å². The van der Waals surface area contributed by atoms with Gasteiger partial charge in [-0.3, -0.25) is 9.00 Å². The number of carbonyl (C=O) groups is 1. The Morgan fingerprint density at radius 1 is 1.24 bits per heavy atom. The van der Waals surface area contributed by atoms with Gasteiger partial charge in [-0.15, -0.1) is 0 Å². The maximum absolute atomic E-state index is 11.9. The topological polar surface area (TPSA) is 46.2 Å². The van der Waals surface area contributed by atoms with Crippen molar-refractivity contribution in [2.75, 3.05) is 11.5 Å². The quantitative estimate of drug-likeness (QED) is 0.908. The Balaban J connectivity index is 1.93. The monoisotopic (exact) mass is 315 g/mol. The molecule has 92 valence electrons. The summed E-state index contributed by atoms with van der Waals surface area (Å²) < 4.78 is 12.2. The fourth-order valence-electron chi connectivity index (χ4n) is 1.81. The van der Waals surface area contributed by atoms with E-state index < -0.39 is 10.8 Å². The van der Waals surface area contributed by atoms with E-state index in [4.69, 9.17) is 0 Å². The number of amides is 1. The molecule has 0 radical (unpaired) electrons. The maximum Gasteiger partial charge on any atom is 0.251 e. The van der Waals surface area contributed by atoms with Crippen molar-refractivity contribution in [3.63, 3.8) is 0 Å². The van der Waals surface area contributed by atoms with E-state index in [0.29, 0.717) is 17.1 Å². The van der Waals surface area contributed by atoms with Crippen LogP contribution in [0.3, 0.4) is 0 Å². The van der Waals surface area contributed by atoms with Gasteiger partial charge in [0.25, 0.3) is 5.91 Å². The predicted octanol–water partition coefficient (Wildman–Crippen LogP) is 2.09. The highest BCUT2D eigenvalue weighted by Gasteiger charge is 2.19. The van der Waals surface area contributed by atoms with Gasteiger partial charge in [-0.25, -0.2) is 0 Å². The van der Waals surface area contributed by atoms with Gasteiger partial charge in [0, 0.05) is 38.4 Å². The first-order chi connectivity index (χ1) is 8.15. The Kier molecular flexibility index (Phi) is 4.34. The lowest BCUT2D eigenvalue weighted by molar-refractivity contribution is 0.0934. The molecule has 0 atom stereocenters. The molecule has 1 saturated heterocycles. The normalized spacial score (nSPS) is 24.3. The molecule has 0 unspecified atom stereocenters. The summed E-state index contributed by atoms with van der Waals surface area (Å²) in [6.45, 7) is 0. The van der Waals surface area contributed by atoms with Crippen LogP contribution in [-0.2, 0) is 10.8 Å².